The Morgan fingerprint density at radius 1 is 1.00 bits per heavy atom. The van der Waals surface area contributed by atoms with E-state index in [-0.39, 0.29) is 11.3 Å². The van der Waals surface area contributed by atoms with Crippen LogP contribution < -0.4 is 5.32 Å². The summed E-state index contributed by atoms with van der Waals surface area (Å²) < 4.78 is 41.5. The fourth-order valence-corrected chi connectivity index (χ4v) is 2.20. The lowest BCUT2D eigenvalue weighted by atomic mass is 10.1. The lowest BCUT2D eigenvalue weighted by Gasteiger charge is -2.17. The Balaban J connectivity index is 2.31. The number of hydrogen-bond donors (Lipinski definition) is 1. The average Bonchev–Trinajstić information content (AvgIpc) is 2.33. The molecule has 0 fully saturated rings. The highest BCUT2D eigenvalue weighted by molar-refractivity contribution is 9.10. The maximum atomic E-state index is 13.6. The molecule has 5 heteroatoms. The smallest absolute Gasteiger partial charge is 0.146 e. The van der Waals surface area contributed by atoms with Crippen molar-refractivity contribution in [1.82, 2.24) is 0 Å². The first kappa shape index (κ1) is 13.9. The molecule has 100 valence electrons. The van der Waals surface area contributed by atoms with Crippen LogP contribution in [0.4, 0.5) is 18.9 Å². The van der Waals surface area contributed by atoms with Crippen LogP contribution in [0.15, 0.2) is 40.9 Å². The number of rotatable bonds is 3. The van der Waals surface area contributed by atoms with Gasteiger partial charge in [-0.05, 0) is 37.3 Å². The van der Waals surface area contributed by atoms with E-state index in [1.807, 2.05) is 0 Å². The molecule has 0 bridgehead atoms. The Kier molecular flexibility index (Phi) is 4.14. The minimum absolute atomic E-state index is 0.109. The van der Waals surface area contributed by atoms with E-state index in [0.29, 0.717) is 4.47 Å². The van der Waals surface area contributed by atoms with Gasteiger partial charge in [0, 0.05) is 10.0 Å². The molecule has 0 radical (unpaired) electrons. The molecule has 2 rings (SSSR count). The molecular formula is C14H11BrF3N. The van der Waals surface area contributed by atoms with Gasteiger partial charge in [0.15, 0.2) is 0 Å². The van der Waals surface area contributed by atoms with E-state index in [2.05, 4.69) is 21.2 Å². The third-order valence-corrected chi connectivity index (χ3v) is 3.23. The Hall–Kier alpha value is -1.49. The second-order valence-corrected chi connectivity index (χ2v) is 5.04. The zero-order chi connectivity index (χ0) is 14.0. The Labute approximate surface area is 117 Å². The molecule has 0 saturated heterocycles. The molecule has 0 amide bonds. The number of benzene rings is 2. The zero-order valence-corrected chi connectivity index (χ0v) is 11.6. The van der Waals surface area contributed by atoms with Crippen molar-refractivity contribution in [1.29, 1.82) is 0 Å². The molecule has 2 aromatic carbocycles. The summed E-state index contributed by atoms with van der Waals surface area (Å²) in [5.41, 5.74) is 0.0754. The van der Waals surface area contributed by atoms with Crippen molar-refractivity contribution in [2.24, 2.45) is 0 Å². The van der Waals surface area contributed by atoms with Gasteiger partial charge < -0.3 is 5.32 Å². The lowest BCUT2D eigenvalue weighted by molar-refractivity contribution is 0.542. The summed E-state index contributed by atoms with van der Waals surface area (Å²) in [7, 11) is 0. The Bertz CT molecular complexity index is 581. The quantitative estimate of drug-likeness (QED) is 0.831. The molecule has 19 heavy (non-hydrogen) atoms. The van der Waals surface area contributed by atoms with Gasteiger partial charge in [-0.3, -0.25) is 0 Å². The van der Waals surface area contributed by atoms with Gasteiger partial charge >= 0.3 is 0 Å². The summed E-state index contributed by atoms with van der Waals surface area (Å²) in [5, 5.41) is 2.76. The standard InChI is InChI=1S/C14H11BrF3N/c1-8(14-11(17)3-2-4-12(14)18)19-13-7-9(15)5-6-10(13)16/h2-8,19H,1H3. The summed E-state index contributed by atoms with van der Waals surface area (Å²) in [6.45, 7) is 1.57. The molecule has 0 aliphatic rings. The van der Waals surface area contributed by atoms with Crippen LogP contribution in [0.2, 0.25) is 0 Å². The molecule has 0 aromatic heterocycles. The molecular weight excluding hydrogens is 319 g/mol. The van der Waals surface area contributed by atoms with E-state index >= 15 is 0 Å². The predicted molar refractivity (Wildman–Crippen MR) is 72.5 cm³/mol. The van der Waals surface area contributed by atoms with Gasteiger partial charge in [-0.15, -0.1) is 0 Å². The lowest BCUT2D eigenvalue weighted by Crippen LogP contribution is -2.11. The summed E-state index contributed by atoms with van der Waals surface area (Å²) in [5.74, 6) is -1.79. The molecule has 1 unspecified atom stereocenters. The van der Waals surface area contributed by atoms with Crippen molar-refractivity contribution in [2.75, 3.05) is 5.32 Å². The summed E-state index contributed by atoms with van der Waals surface area (Å²) in [6.07, 6.45) is 0. The third-order valence-electron chi connectivity index (χ3n) is 2.73. The average molecular weight is 330 g/mol. The summed E-state index contributed by atoms with van der Waals surface area (Å²) in [4.78, 5) is 0. The fourth-order valence-electron chi connectivity index (χ4n) is 1.84. The van der Waals surface area contributed by atoms with Gasteiger partial charge in [-0.1, -0.05) is 22.0 Å². The van der Waals surface area contributed by atoms with E-state index in [1.165, 1.54) is 30.3 Å². The first-order valence-electron chi connectivity index (χ1n) is 5.64. The molecule has 2 aromatic rings. The second kappa shape index (κ2) is 5.65. The predicted octanol–water partition coefficient (Wildman–Crippen LogP) is 5.04. The van der Waals surface area contributed by atoms with Crippen LogP contribution in [0, 0.1) is 17.5 Å². The van der Waals surface area contributed by atoms with Crippen molar-refractivity contribution < 1.29 is 13.2 Å². The topological polar surface area (TPSA) is 12.0 Å². The van der Waals surface area contributed by atoms with Gasteiger partial charge in [0.2, 0.25) is 0 Å². The van der Waals surface area contributed by atoms with E-state index in [9.17, 15) is 13.2 Å². The van der Waals surface area contributed by atoms with Crippen molar-refractivity contribution >= 4 is 21.6 Å². The van der Waals surface area contributed by atoms with E-state index < -0.39 is 23.5 Å². The van der Waals surface area contributed by atoms with Crippen LogP contribution in [0.5, 0.6) is 0 Å². The first-order chi connectivity index (χ1) is 8.99. The van der Waals surface area contributed by atoms with Crippen LogP contribution in [0.3, 0.4) is 0 Å². The van der Waals surface area contributed by atoms with Crippen molar-refractivity contribution in [2.45, 2.75) is 13.0 Å². The molecule has 0 spiro atoms. The second-order valence-electron chi connectivity index (χ2n) is 4.13. The van der Waals surface area contributed by atoms with Crippen LogP contribution in [0.25, 0.3) is 0 Å². The van der Waals surface area contributed by atoms with Gasteiger partial charge in [-0.2, -0.15) is 0 Å². The SMILES string of the molecule is CC(Nc1cc(Br)ccc1F)c1c(F)cccc1F. The number of anilines is 1. The Morgan fingerprint density at radius 2 is 1.63 bits per heavy atom. The first-order valence-corrected chi connectivity index (χ1v) is 6.44. The van der Waals surface area contributed by atoms with Gasteiger partial charge in [0.05, 0.1) is 11.7 Å². The fraction of sp³-hybridized carbons (Fsp3) is 0.143. The Morgan fingerprint density at radius 3 is 2.26 bits per heavy atom. The normalized spacial score (nSPS) is 12.3. The van der Waals surface area contributed by atoms with Crippen molar-refractivity contribution in [3.63, 3.8) is 0 Å². The number of nitrogens with one attached hydrogen (secondary N) is 1. The molecule has 0 heterocycles. The maximum absolute atomic E-state index is 13.6. The molecule has 1 N–H and O–H groups in total. The highest BCUT2D eigenvalue weighted by Crippen LogP contribution is 2.27. The van der Waals surface area contributed by atoms with Crippen LogP contribution in [0.1, 0.15) is 18.5 Å². The number of hydrogen-bond acceptors (Lipinski definition) is 1. The highest BCUT2D eigenvalue weighted by atomic mass is 79.9. The summed E-state index contributed by atoms with van der Waals surface area (Å²) in [6, 6.07) is 7.29. The molecule has 0 saturated carbocycles. The molecule has 1 atom stereocenters. The molecule has 0 aliphatic heterocycles. The van der Waals surface area contributed by atoms with Crippen LogP contribution >= 0.6 is 15.9 Å². The van der Waals surface area contributed by atoms with Crippen LogP contribution in [-0.2, 0) is 0 Å². The number of halogens is 4. The van der Waals surface area contributed by atoms with Crippen molar-refractivity contribution in [3.8, 4) is 0 Å². The van der Waals surface area contributed by atoms with E-state index in [0.717, 1.165) is 0 Å². The van der Waals surface area contributed by atoms with E-state index in [1.54, 1.807) is 13.0 Å². The molecule has 1 nitrogen and oxygen atoms in total. The zero-order valence-electron chi connectivity index (χ0n) is 10.1. The van der Waals surface area contributed by atoms with Crippen molar-refractivity contribution in [3.05, 3.63) is 63.9 Å². The minimum atomic E-state index is -0.690. The van der Waals surface area contributed by atoms with Gasteiger partial charge in [0.25, 0.3) is 0 Å². The minimum Gasteiger partial charge on any atom is -0.376 e. The van der Waals surface area contributed by atoms with Crippen LogP contribution in [-0.4, -0.2) is 0 Å². The maximum Gasteiger partial charge on any atom is 0.146 e. The summed E-state index contributed by atoms with van der Waals surface area (Å²) >= 11 is 3.22. The highest BCUT2D eigenvalue weighted by Gasteiger charge is 2.17. The largest absolute Gasteiger partial charge is 0.376 e. The third kappa shape index (κ3) is 3.10. The van der Waals surface area contributed by atoms with E-state index in [4.69, 9.17) is 0 Å². The molecule has 0 aliphatic carbocycles. The van der Waals surface area contributed by atoms with Gasteiger partial charge in [0.1, 0.15) is 17.5 Å². The van der Waals surface area contributed by atoms with Gasteiger partial charge in [-0.25, -0.2) is 13.2 Å². The monoisotopic (exact) mass is 329 g/mol.